The number of fused-ring (bicyclic) bond motifs is 7. The van der Waals surface area contributed by atoms with Crippen LogP contribution in [0, 0.1) is 0 Å². The van der Waals surface area contributed by atoms with E-state index in [0.29, 0.717) is 17.5 Å². The highest BCUT2D eigenvalue weighted by Gasteiger charge is 2.23. The van der Waals surface area contributed by atoms with E-state index < -0.39 is 0 Å². The fourth-order valence-electron chi connectivity index (χ4n) is 7.98. The van der Waals surface area contributed by atoms with Crippen LogP contribution in [0.1, 0.15) is 0 Å². The van der Waals surface area contributed by atoms with Crippen LogP contribution in [0.2, 0.25) is 0 Å². The van der Waals surface area contributed by atoms with Crippen LogP contribution in [0.3, 0.4) is 0 Å². The highest BCUT2D eigenvalue weighted by molar-refractivity contribution is 6.18. The molecule has 11 aromatic rings. The van der Waals surface area contributed by atoms with Crippen molar-refractivity contribution in [1.82, 2.24) is 19.5 Å². The summed E-state index contributed by atoms with van der Waals surface area (Å²) in [6.45, 7) is 0. The van der Waals surface area contributed by atoms with Gasteiger partial charge in [0, 0.05) is 38.4 Å². The molecule has 252 valence electrons. The van der Waals surface area contributed by atoms with Gasteiger partial charge in [0.25, 0.3) is 0 Å². The summed E-state index contributed by atoms with van der Waals surface area (Å²) < 4.78 is 9.18. The Labute approximate surface area is 310 Å². The van der Waals surface area contributed by atoms with Gasteiger partial charge in [0.05, 0.1) is 22.1 Å². The minimum absolute atomic E-state index is 0.611. The van der Waals surface area contributed by atoms with Crippen LogP contribution in [0.5, 0.6) is 0 Å². The average molecular weight is 691 g/mol. The van der Waals surface area contributed by atoms with Crippen molar-refractivity contribution in [1.29, 1.82) is 0 Å². The molecular weight excluding hydrogens is 661 g/mol. The number of benzene rings is 8. The second-order valence-corrected chi connectivity index (χ2v) is 13.6. The third kappa shape index (κ3) is 4.76. The lowest BCUT2D eigenvalue weighted by molar-refractivity contribution is 0.670. The highest BCUT2D eigenvalue weighted by Crippen LogP contribution is 2.43. The summed E-state index contributed by atoms with van der Waals surface area (Å²) in [6.07, 6.45) is 0. The lowest BCUT2D eigenvalue weighted by Gasteiger charge is -2.13. The Morgan fingerprint density at radius 2 is 1.02 bits per heavy atom. The summed E-state index contributed by atoms with van der Waals surface area (Å²) in [5, 5.41) is 6.80. The van der Waals surface area contributed by atoms with Crippen LogP contribution in [0.25, 0.3) is 105 Å². The first-order valence-corrected chi connectivity index (χ1v) is 18.1. The highest BCUT2D eigenvalue weighted by atomic mass is 16.3. The number of hydrogen-bond donors (Lipinski definition) is 0. The number of nitrogens with zero attached hydrogens (tertiary/aromatic N) is 4. The summed E-state index contributed by atoms with van der Waals surface area (Å²) in [5.74, 6) is 1.87. The lowest BCUT2D eigenvalue weighted by Crippen LogP contribution is -2.02. The van der Waals surface area contributed by atoms with Crippen molar-refractivity contribution in [3.63, 3.8) is 0 Å². The molecule has 0 radical (unpaired) electrons. The predicted molar refractivity (Wildman–Crippen MR) is 221 cm³/mol. The molecule has 3 aromatic heterocycles. The molecule has 54 heavy (non-hydrogen) atoms. The maximum atomic E-state index is 6.81. The molecule has 0 N–H and O–H groups in total. The van der Waals surface area contributed by atoms with Crippen LogP contribution in [0.4, 0.5) is 0 Å². The molecule has 8 aromatic carbocycles. The van der Waals surface area contributed by atoms with Crippen molar-refractivity contribution in [2.75, 3.05) is 0 Å². The molecule has 0 aliphatic heterocycles. The Morgan fingerprint density at radius 1 is 0.407 bits per heavy atom. The van der Waals surface area contributed by atoms with Gasteiger partial charge >= 0.3 is 0 Å². The van der Waals surface area contributed by atoms with Crippen molar-refractivity contribution < 1.29 is 4.42 Å². The molecular formula is C49H30N4O. The van der Waals surface area contributed by atoms with E-state index in [0.717, 1.165) is 77.2 Å². The van der Waals surface area contributed by atoms with E-state index >= 15 is 0 Å². The molecule has 0 aliphatic carbocycles. The number of aromatic nitrogens is 4. The second-order valence-electron chi connectivity index (χ2n) is 13.6. The molecule has 0 saturated carbocycles. The van der Waals surface area contributed by atoms with Gasteiger partial charge in [-0.1, -0.05) is 152 Å². The Morgan fingerprint density at radius 3 is 1.80 bits per heavy atom. The predicted octanol–water partition coefficient (Wildman–Crippen LogP) is 12.7. The zero-order chi connectivity index (χ0) is 35.6. The van der Waals surface area contributed by atoms with Gasteiger partial charge in [-0.15, -0.1) is 0 Å². The van der Waals surface area contributed by atoms with Crippen LogP contribution in [-0.4, -0.2) is 19.5 Å². The number of hydrogen-bond acceptors (Lipinski definition) is 4. The lowest BCUT2D eigenvalue weighted by atomic mass is 9.99. The van der Waals surface area contributed by atoms with Gasteiger partial charge in [-0.05, 0) is 46.7 Å². The van der Waals surface area contributed by atoms with Gasteiger partial charge in [-0.2, -0.15) is 0 Å². The van der Waals surface area contributed by atoms with Crippen molar-refractivity contribution in [2.24, 2.45) is 0 Å². The molecule has 0 unspecified atom stereocenters. The van der Waals surface area contributed by atoms with Gasteiger partial charge in [0.1, 0.15) is 11.2 Å². The summed E-state index contributed by atoms with van der Waals surface area (Å²) in [6, 6.07) is 63.2. The number of furan rings is 1. The molecule has 0 amide bonds. The average Bonchev–Trinajstić information content (AvgIpc) is 3.80. The quantitative estimate of drug-likeness (QED) is 0.180. The third-order valence-corrected chi connectivity index (χ3v) is 10.4. The largest absolute Gasteiger partial charge is 0.455 e. The standard InChI is InChI=1S/C49H30N4O/c1-3-15-32(16-4-1)47-50-48(33-17-5-2-6-18-33)52-49(51-47)40-24-12-22-38-37-20-9-10-25-41(37)53(45(38)40)42-26-13-27-43-44(42)39-23-11-21-36(46(39)54-43)35-29-28-31-14-7-8-19-34(31)30-35/h1-30H. The second kappa shape index (κ2) is 12.1. The van der Waals surface area contributed by atoms with Crippen molar-refractivity contribution in [3.05, 3.63) is 182 Å². The summed E-state index contributed by atoms with van der Waals surface area (Å²) in [5.41, 5.74) is 9.82. The molecule has 5 nitrogen and oxygen atoms in total. The summed E-state index contributed by atoms with van der Waals surface area (Å²) >= 11 is 0. The fourth-order valence-corrected chi connectivity index (χ4v) is 7.98. The van der Waals surface area contributed by atoms with Crippen LogP contribution >= 0.6 is 0 Å². The van der Waals surface area contributed by atoms with Crippen LogP contribution < -0.4 is 0 Å². The Balaban J connectivity index is 1.20. The van der Waals surface area contributed by atoms with E-state index in [9.17, 15) is 0 Å². The molecule has 3 heterocycles. The SMILES string of the molecule is c1ccc(-c2nc(-c3ccccc3)nc(-c3cccc4c5ccccc5n(-c5cccc6oc7c(-c8ccc9ccccc9c8)cccc7c56)c34)n2)cc1. The molecule has 0 saturated heterocycles. The zero-order valence-corrected chi connectivity index (χ0v) is 29.0. The normalized spacial score (nSPS) is 11.7. The van der Waals surface area contributed by atoms with E-state index in [4.69, 9.17) is 19.4 Å². The van der Waals surface area contributed by atoms with Crippen LogP contribution in [-0.2, 0) is 0 Å². The van der Waals surface area contributed by atoms with Gasteiger partial charge in [-0.25, -0.2) is 15.0 Å². The van der Waals surface area contributed by atoms with Crippen LogP contribution in [0.15, 0.2) is 186 Å². The molecule has 0 fully saturated rings. The molecule has 0 atom stereocenters. The van der Waals surface area contributed by atoms with Crippen molar-refractivity contribution in [3.8, 4) is 51.0 Å². The van der Waals surface area contributed by atoms with Gasteiger partial charge in [0.2, 0.25) is 0 Å². The van der Waals surface area contributed by atoms with Crippen molar-refractivity contribution in [2.45, 2.75) is 0 Å². The summed E-state index contributed by atoms with van der Waals surface area (Å²) in [7, 11) is 0. The smallest absolute Gasteiger partial charge is 0.166 e. The Bertz CT molecular complexity index is 3160. The third-order valence-electron chi connectivity index (χ3n) is 10.4. The van der Waals surface area contributed by atoms with Crippen molar-refractivity contribution >= 4 is 54.5 Å². The van der Waals surface area contributed by atoms with E-state index in [2.05, 4.69) is 126 Å². The van der Waals surface area contributed by atoms with E-state index in [1.165, 1.54) is 10.8 Å². The molecule has 0 aliphatic rings. The van der Waals surface area contributed by atoms with Gasteiger partial charge in [0.15, 0.2) is 17.5 Å². The first-order valence-electron chi connectivity index (χ1n) is 18.1. The molecule has 0 spiro atoms. The topological polar surface area (TPSA) is 56.7 Å². The minimum atomic E-state index is 0.611. The summed E-state index contributed by atoms with van der Waals surface area (Å²) in [4.78, 5) is 15.3. The maximum absolute atomic E-state index is 6.81. The first kappa shape index (κ1) is 30.3. The fraction of sp³-hybridized carbons (Fsp3) is 0. The van der Waals surface area contributed by atoms with Gasteiger partial charge < -0.3 is 8.98 Å². The Kier molecular flexibility index (Phi) is 6.79. The van der Waals surface area contributed by atoms with E-state index in [1.807, 2.05) is 60.7 Å². The zero-order valence-electron chi connectivity index (χ0n) is 29.0. The maximum Gasteiger partial charge on any atom is 0.166 e. The first-order chi connectivity index (χ1) is 26.8. The number of para-hydroxylation sites is 3. The molecule has 0 bridgehead atoms. The number of rotatable bonds is 5. The molecule has 11 rings (SSSR count). The van der Waals surface area contributed by atoms with E-state index in [1.54, 1.807) is 0 Å². The van der Waals surface area contributed by atoms with E-state index in [-0.39, 0.29) is 0 Å². The minimum Gasteiger partial charge on any atom is -0.455 e. The van der Waals surface area contributed by atoms with Gasteiger partial charge in [-0.3, -0.25) is 0 Å². The molecule has 5 heteroatoms. The Hall–Kier alpha value is -7.37. The monoisotopic (exact) mass is 690 g/mol.